The largest absolute Gasteiger partial charge is 0.477 e. The Balaban J connectivity index is 1.46. The van der Waals surface area contributed by atoms with Gasteiger partial charge in [-0.05, 0) is 56.9 Å². The number of carbonyl (C=O) groups is 1. The zero-order valence-corrected chi connectivity index (χ0v) is 13.0. The van der Waals surface area contributed by atoms with E-state index < -0.39 is 0 Å². The molecule has 3 rings (SSSR count). The molecule has 4 nitrogen and oxygen atoms in total. The van der Waals surface area contributed by atoms with Crippen molar-refractivity contribution in [3.8, 4) is 5.88 Å². The van der Waals surface area contributed by atoms with Crippen LogP contribution in [0.1, 0.15) is 55.3 Å². The van der Waals surface area contributed by atoms with E-state index in [-0.39, 0.29) is 5.91 Å². The monoisotopic (exact) mass is 300 g/mol. The molecule has 0 spiro atoms. The summed E-state index contributed by atoms with van der Waals surface area (Å²) in [6, 6.07) is 3.47. The molecule has 0 unspecified atom stereocenters. The first-order valence-corrected chi connectivity index (χ1v) is 8.36. The van der Waals surface area contributed by atoms with Gasteiger partial charge in [0.05, 0.1) is 6.61 Å². The van der Waals surface area contributed by atoms with Gasteiger partial charge in [-0.2, -0.15) is 0 Å². The van der Waals surface area contributed by atoms with E-state index in [9.17, 15) is 4.79 Å². The maximum absolute atomic E-state index is 12.2. The summed E-state index contributed by atoms with van der Waals surface area (Å²) < 4.78 is 5.62. The Morgan fingerprint density at radius 1 is 1.36 bits per heavy atom. The van der Waals surface area contributed by atoms with Gasteiger partial charge in [0.25, 0.3) is 5.91 Å². The van der Waals surface area contributed by atoms with E-state index in [0.717, 1.165) is 6.42 Å². The van der Waals surface area contributed by atoms with Gasteiger partial charge in [-0.3, -0.25) is 4.79 Å². The van der Waals surface area contributed by atoms with Crippen molar-refractivity contribution in [2.45, 2.75) is 44.9 Å². The highest BCUT2D eigenvalue weighted by molar-refractivity contribution is 5.94. The number of nitrogens with one attached hydrogen (secondary N) is 1. The van der Waals surface area contributed by atoms with Gasteiger partial charge in [0.1, 0.15) is 0 Å². The third-order valence-electron chi connectivity index (χ3n) is 4.28. The topological polar surface area (TPSA) is 51.2 Å². The number of rotatable bonds is 7. The molecule has 118 valence electrons. The van der Waals surface area contributed by atoms with Crippen LogP contribution in [0.2, 0.25) is 0 Å². The summed E-state index contributed by atoms with van der Waals surface area (Å²) in [5, 5.41) is 2.99. The van der Waals surface area contributed by atoms with Crippen LogP contribution < -0.4 is 10.1 Å². The van der Waals surface area contributed by atoms with E-state index in [1.165, 1.54) is 44.1 Å². The lowest BCUT2D eigenvalue weighted by atomic mass is 9.97. The van der Waals surface area contributed by atoms with Crippen LogP contribution in [0.4, 0.5) is 0 Å². The van der Waals surface area contributed by atoms with Crippen LogP contribution in [0.5, 0.6) is 5.88 Å². The smallest absolute Gasteiger partial charge is 0.251 e. The number of pyridine rings is 1. The second-order valence-corrected chi connectivity index (χ2v) is 6.25. The lowest BCUT2D eigenvalue weighted by molar-refractivity contribution is 0.0953. The van der Waals surface area contributed by atoms with Crippen LogP contribution in [0.3, 0.4) is 0 Å². The number of amides is 1. The molecular formula is C18H24N2O2. The van der Waals surface area contributed by atoms with Crippen LogP contribution >= 0.6 is 0 Å². The predicted molar refractivity (Wildman–Crippen MR) is 86.0 cm³/mol. The summed E-state index contributed by atoms with van der Waals surface area (Å²) in [6.07, 6.45) is 12.4. The highest BCUT2D eigenvalue weighted by atomic mass is 16.5. The van der Waals surface area contributed by atoms with E-state index in [1.54, 1.807) is 18.3 Å². The standard InChI is InChI=1S/C18H24N2O2/c21-18(20-10-8-14-4-2-1-3-5-14)16-9-11-19-17(12-16)22-13-15-6-7-15/h4,9,11-12,15H,1-3,5-8,10,13H2,(H,20,21). The summed E-state index contributed by atoms with van der Waals surface area (Å²) in [4.78, 5) is 16.3. The van der Waals surface area contributed by atoms with Crippen molar-refractivity contribution in [3.63, 3.8) is 0 Å². The summed E-state index contributed by atoms with van der Waals surface area (Å²) in [6.45, 7) is 1.41. The zero-order chi connectivity index (χ0) is 15.2. The number of ether oxygens (including phenoxy) is 1. The Hall–Kier alpha value is -1.84. The molecule has 4 heteroatoms. The minimum Gasteiger partial charge on any atom is -0.477 e. The molecule has 0 aliphatic heterocycles. The van der Waals surface area contributed by atoms with Crippen LogP contribution in [-0.4, -0.2) is 24.0 Å². The van der Waals surface area contributed by atoms with E-state index in [0.29, 0.717) is 30.5 Å². The molecule has 0 saturated heterocycles. The Kier molecular flexibility index (Phi) is 5.09. The van der Waals surface area contributed by atoms with E-state index >= 15 is 0 Å². The number of aromatic nitrogens is 1. The van der Waals surface area contributed by atoms with E-state index in [1.807, 2.05) is 0 Å². The predicted octanol–water partition coefficient (Wildman–Crippen LogP) is 3.49. The fourth-order valence-electron chi connectivity index (χ4n) is 2.69. The summed E-state index contributed by atoms with van der Waals surface area (Å²) in [7, 11) is 0. The SMILES string of the molecule is O=C(NCCC1=CCCCC1)c1ccnc(OCC2CC2)c1. The minimum absolute atomic E-state index is 0.0462. The first kappa shape index (κ1) is 15.1. The van der Waals surface area contributed by atoms with Crippen LogP contribution in [0.25, 0.3) is 0 Å². The highest BCUT2D eigenvalue weighted by Crippen LogP contribution is 2.29. The van der Waals surface area contributed by atoms with Gasteiger partial charge in [0.2, 0.25) is 5.88 Å². The third-order valence-corrected chi connectivity index (χ3v) is 4.28. The van der Waals surface area contributed by atoms with Crippen molar-refractivity contribution in [1.82, 2.24) is 10.3 Å². The summed E-state index contributed by atoms with van der Waals surface area (Å²) in [5.74, 6) is 1.19. The van der Waals surface area contributed by atoms with Gasteiger partial charge in [0.15, 0.2) is 0 Å². The molecule has 0 atom stereocenters. The molecule has 1 amide bonds. The first-order valence-electron chi connectivity index (χ1n) is 8.36. The van der Waals surface area contributed by atoms with Crippen molar-refractivity contribution in [2.24, 2.45) is 5.92 Å². The first-order chi connectivity index (χ1) is 10.8. The van der Waals surface area contributed by atoms with Gasteiger partial charge in [-0.15, -0.1) is 0 Å². The van der Waals surface area contributed by atoms with Gasteiger partial charge in [-0.1, -0.05) is 11.6 Å². The Morgan fingerprint density at radius 2 is 2.27 bits per heavy atom. The normalized spacial score (nSPS) is 17.7. The fraction of sp³-hybridized carbons (Fsp3) is 0.556. The Morgan fingerprint density at radius 3 is 3.05 bits per heavy atom. The van der Waals surface area contributed by atoms with Crippen LogP contribution in [0, 0.1) is 5.92 Å². The molecular weight excluding hydrogens is 276 g/mol. The minimum atomic E-state index is -0.0462. The third kappa shape index (κ3) is 4.58. The quantitative estimate of drug-likeness (QED) is 0.784. The average Bonchev–Trinajstić information content (AvgIpc) is 3.38. The maximum Gasteiger partial charge on any atom is 0.251 e. The molecule has 1 aromatic heterocycles. The fourth-order valence-corrected chi connectivity index (χ4v) is 2.69. The number of nitrogens with zero attached hydrogens (tertiary/aromatic N) is 1. The lowest BCUT2D eigenvalue weighted by Crippen LogP contribution is -2.25. The molecule has 1 heterocycles. The van der Waals surface area contributed by atoms with Gasteiger partial charge in [0, 0.05) is 24.4 Å². The Labute approximate surface area is 132 Å². The molecule has 0 radical (unpaired) electrons. The summed E-state index contributed by atoms with van der Waals surface area (Å²) >= 11 is 0. The van der Waals surface area contributed by atoms with Crippen molar-refractivity contribution >= 4 is 5.91 Å². The number of hydrogen-bond acceptors (Lipinski definition) is 3. The van der Waals surface area contributed by atoms with Crippen molar-refractivity contribution in [2.75, 3.05) is 13.2 Å². The van der Waals surface area contributed by atoms with E-state index in [2.05, 4.69) is 16.4 Å². The molecule has 0 bridgehead atoms. The van der Waals surface area contributed by atoms with Gasteiger partial charge < -0.3 is 10.1 Å². The van der Waals surface area contributed by atoms with Gasteiger partial charge in [-0.25, -0.2) is 4.98 Å². The number of allylic oxidation sites excluding steroid dienone is 1. The zero-order valence-electron chi connectivity index (χ0n) is 13.0. The Bertz CT molecular complexity index is 550. The maximum atomic E-state index is 12.2. The molecule has 2 aliphatic rings. The summed E-state index contributed by atoms with van der Waals surface area (Å²) in [5.41, 5.74) is 2.10. The molecule has 1 aromatic rings. The van der Waals surface area contributed by atoms with E-state index in [4.69, 9.17) is 4.74 Å². The van der Waals surface area contributed by atoms with Crippen LogP contribution in [-0.2, 0) is 0 Å². The second-order valence-electron chi connectivity index (χ2n) is 6.25. The van der Waals surface area contributed by atoms with Crippen molar-refractivity contribution in [1.29, 1.82) is 0 Å². The molecule has 2 aliphatic carbocycles. The van der Waals surface area contributed by atoms with Crippen molar-refractivity contribution < 1.29 is 9.53 Å². The number of carbonyl (C=O) groups excluding carboxylic acids is 1. The van der Waals surface area contributed by atoms with Crippen molar-refractivity contribution in [3.05, 3.63) is 35.5 Å². The molecule has 1 saturated carbocycles. The molecule has 0 aromatic carbocycles. The van der Waals surface area contributed by atoms with Gasteiger partial charge >= 0.3 is 0 Å². The lowest BCUT2D eigenvalue weighted by Gasteiger charge is -2.13. The highest BCUT2D eigenvalue weighted by Gasteiger charge is 2.22. The molecule has 22 heavy (non-hydrogen) atoms. The second kappa shape index (κ2) is 7.43. The number of hydrogen-bond donors (Lipinski definition) is 1. The van der Waals surface area contributed by atoms with Crippen LogP contribution in [0.15, 0.2) is 30.0 Å². The molecule has 1 fully saturated rings. The molecule has 1 N–H and O–H groups in total. The average molecular weight is 300 g/mol.